The van der Waals surface area contributed by atoms with Crippen LogP contribution in [0.1, 0.15) is 43.0 Å². The van der Waals surface area contributed by atoms with Crippen molar-refractivity contribution in [3.8, 4) is 0 Å². The molecule has 1 unspecified atom stereocenters. The van der Waals surface area contributed by atoms with E-state index in [1.165, 1.54) is 6.42 Å². The molecule has 0 radical (unpaired) electrons. The van der Waals surface area contributed by atoms with Gasteiger partial charge in [0, 0.05) is 23.8 Å². The molecule has 21 heavy (non-hydrogen) atoms. The molecule has 0 saturated carbocycles. The number of nitrogens with zero attached hydrogens (tertiary/aromatic N) is 1. The smallest absolute Gasteiger partial charge is 0.251 e. The highest BCUT2D eigenvalue weighted by Crippen LogP contribution is 2.19. The fourth-order valence-electron chi connectivity index (χ4n) is 2.75. The van der Waals surface area contributed by atoms with Crippen LogP contribution in [0.2, 0.25) is 0 Å². The maximum atomic E-state index is 12.2. The van der Waals surface area contributed by atoms with Crippen LogP contribution in [0, 0.1) is 0 Å². The van der Waals surface area contributed by atoms with Crippen molar-refractivity contribution in [2.24, 2.45) is 0 Å². The monoisotopic (exact) mass is 289 g/mol. The molecule has 0 bridgehead atoms. The first-order valence-electron chi connectivity index (χ1n) is 7.55. The summed E-state index contributed by atoms with van der Waals surface area (Å²) in [7, 11) is 0. The van der Waals surface area contributed by atoms with E-state index in [2.05, 4.69) is 12.2 Å². The van der Waals surface area contributed by atoms with Crippen LogP contribution < -0.4 is 11.1 Å². The average Bonchev–Trinajstić information content (AvgIpc) is 2.52. The number of anilines is 1. The molecule has 0 aliphatic carbocycles. The summed E-state index contributed by atoms with van der Waals surface area (Å²) in [5.41, 5.74) is 6.71. The van der Waals surface area contributed by atoms with Crippen molar-refractivity contribution >= 4 is 17.5 Å². The Hall–Kier alpha value is -2.04. The van der Waals surface area contributed by atoms with Gasteiger partial charge in [-0.05, 0) is 49.9 Å². The highest BCUT2D eigenvalue weighted by atomic mass is 16.2. The fourth-order valence-corrected chi connectivity index (χ4v) is 2.75. The number of nitrogen functional groups attached to an aromatic ring is 1. The molecule has 1 aromatic carbocycles. The minimum atomic E-state index is -0.242. The zero-order valence-corrected chi connectivity index (χ0v) is 12.5. The van der Waals surface area contributed by atoms with E-state index in [0.717, 1.165) is 25.8 Å². The lowest BCUT2D eigenvalue weighted by molar-refractivity contribution is -0.133. The molecule has 2 rings (SSSR count). The molecule has 2 amide bonds. The third-order valence-corrected chi connectivity index (χ3v) is 3.99. The molecule has 0 spiro atoms. The second-order valence-corrected chi connectivity index (χ2v) is 5.45. The number of carbonyl (C=O) groups is 2. The van der Waals surface area contributed by atoms with Crippen LogP contribution >= 0.6 is 0 Å². The number of carbonyl (C=O) groups excluding carboxylic acids is 2. The number of rotatable bonds is 4. The molecular weight excluding hydrogens is 266 g/mol. The van der Waals surface area contributed by atoms with Crippen LogP contribution in [0.3, 0.4) is 0 Å². The van der Waals surface area contributed by atoms with Gasteiger partial charge in [0.25, 0.3) is 5.91 Å². The first kappa shape index (κ1) is 15.4. The molecule has 1 aliphatic rings. The number of hydrogen-bond donors (Lipinski definition) is 2. The molecule has 1 saturated heterocycles. The number of hydrogen-bond acceptors (Lipinski definition) is 3. The van der Waals surface area contributed by atoms with Crippen molar-refractivity contribution in [2.75, 3.05) is 18.8 Å². The second kappa shape index (κ2) is 7.11. The molecule has 0 aromatic heterocycles. The van der Waals surface area contributed by atoms with E-state index in [0.29, 0.717) is 17.3 Å². The molecule has 3 N–H and O–H groups in total. The van der Waals surface area contributed by atoms with Gasteiger partial charge < -0.3 is 16.0 Å². The molecule has 5 heteroatoms. The number of likely N-dealkylation sites (tertiary alicyclic amines) is 1. The number of nitrogens with two attached hydrogens (primary N) is 1. The maximum Gasteiger partial charge on any atom is 0.251 e. The van der Waals surface area contributed by atoms with Gasteiger partial charge in [0.15, 0.2) is 0 Å². The minimum absolute atomic E-state index is 0.00495. The van der Waals surface area contributed by atoms with Crippen LogP contribution in [0.25, 0.3) is 0 Å². The minimum Gasteiger partial charge on any atom is -0.399 e. The summed E-state index contributed by atoms with van der Waals surface area (Å²) in [5.74, 6) is -0.237. The Bertz CT molecular complexity index is 499. The lowest BCUT2D eigenvalue weighted by Crippen LogP contribution is -2.47. The second-order valence-electron chi connectivity index (χ2n) is 5.45. The fraction of sp³-hybridized carbons (Fsp3) is 0.500. The Morgan fingerprint density at radius 2 is 2.00 bits per heavy atom. The quantitative estimate of drug-likeness (QED) is 0.830. The summed E-state index contributed by atoms with van der Waals surface area (Å²) >= 11 is 0. The van der Waals surface area contributed by atoms with Gasteiger partial charge in [-0.2, -0.15) is 0 Å². The molecule has 1 aliphatic heterocycles. The van der Waals surface area contributed by atoms with Gasteiger partial charge in [-0.25, -0.2) is 0 Å². The standard InChI is InChI=1S/C16H23N3O2/c1-2-14-5-3-4-10-19(14)15(20)11-18-16(21)12-6-8-13(17)9-7-12/h6-9,14H,2-5,10-11,17H2,1H3,(H,18,21). The van der Waals surface area contributed by atoms with E-state index >= 15 is 0 Å². The van der Waals surface area contributed by atoms with Crippen molar-refractivity contribution in [3.63, 3.8) is 0 Å². The molecular formula is C16H23N3O2. The number of nitrogens with one attached hydrogen (secondary N) is 1. The molecule has 1 aromatic rings. The van der Waals surface area contributed by atoms with Crippen molar-refractivity contribution in [1.82, 2.24) is 10.2 Å². The molecule has 5 nitrogen and oxygen atoms in total. The average molecular weight is 289 g/mol. The summed E-state index contributed by atoms with van der Waals surface area (Å²) in [6.07, 6.45) is 4.26. The lowest BCUT2D eigenvalue weighted by atomic mass is 10.00. The van der Waals surface area contributed by atoms with Gasteiger partial charge in [0.2, 0.25) is 5.91 Å². The zero-order chi connectivity index (χ0) is 15.2. The van der Waals surface area contributed by atoms with Crippen molar-refractivity contribution in [1.29, 1.82) is 0 Å². The normalized spacial score (nSPS) is 18.3. The summed E-state index contributed by atoms with van der Waals surface area (Å²) < 4.78 is 0. The van der Waals surface area contributed by atoms with Gasteiger partial charge in [-0.15, -0.1) is 0 Å². The van der Waals surface area contributed by atoms with E-state index in [4.69, 9.17) is 5.73 Å². The van der Waals surface area contributed by atoms with E-state index in [1.54, 1.807) is 24.3 Å². The van der Waals surface area contributed by atoms with Gasteiger partial charge in [0.05, 0.1) is 6.54 Å². The summed E-state index contributed by atoms with van der Waals surface area (Å²) in [4.78, 5) is 26.1. The zero-order valence-electron chi connectivity index (χ0n) is 12.5. The van der Waals surface area contributed by atoms with Crippen molar-refractivity contribution < 1.29 is 9.59 Å². The van der Waals surface area contributed by atoms with Crippen LogP contribution in [0.15, 0.2) is 24.3 Å². The highest BCUT2D eigenvalue weighted by Gasteiger charge is 2.25. The van der Waals surface area contributed by atoms with Gasteiger partial charge in [0.1, 0.15) is 0 Å². The molecule has 1 fully saturated rings. The van der Waals surface area contributed by atoms with Gasteiger partial charge in [-0.3, -0.25) is 9.59 Å². The van der Waals surface area contributed by atoms with E-state index < -0.39 is 0 Å². The van der Waals surface area contributed by atoms with Gasteiger partial charge >= 0.3 is 0 Å². The SMILES string of the molecule is CCC1CCCCN1C(=O)CNC(=O)c1ccc(N)cc1. The predicted molar refractivity (Wildman–Crippen MR) is 82.8 cm³/mol. The summed E-state index contributed by atoms with van der Waals surface area (Å²) in [6.45, 7) is 2.96. The maximum absolute atomic E-state index is 12.2. The van der Waals surface area contributed by atoms with Crippen LogP contribution in [0.4, 0.5) is 5.69 Å². The van der Waals surface area contributed by atoms with E-state index in [9.17, 15) is 9.59 Å². The lowest BCUT2D eigenvalue weighted by Gasteiger charge is -2.35. The van der Waals surface area contributed by atoms with Gasteiger partial charge in [-0.1, -0.05) is 6.92 Å². The Balaban J connectivity index is 1.88. The number of amides is 2. The number of piperidine rings is 1. The first-order chi connectivity index (χ1) is 10.1. The Morgan fingerprint density at radius 3 is 2.67 bits per heavy atom. The third kappa shape index (κ3) is 3.97. The van der Waals surface area contributed by atoms with Crippen molar-refractivity contribution in [2.45, 2.75) is 38.6 Å². The topological polar surface area (TPSA) is 75.4 Å². The summed E-state index contributed by atoms with van der Waals surface area (Å²) in [6, 6.07) is 6.98. The Kier molecular flexibility index (Phi) is 5.20. The third-order valence-electron chi connectivity index (χ3n) is 3.99. The predicted octanol–water partition coefficient (Wildman–Crippen LogP) is 1.79. The molecule has 1 atom stereocenters. The Morgan fingerprint density at radius 1 is 1.29 bits per heavy atom. The van der Waals surface area contributed by atoms with Crippen molar-refractivity contribution in [3.05, 3.63) is 29.8 Å². The molecule has 114 valence electrons. The molecule has 1 heterocycles. The van der Waals surface area contributed by atoms with Crippen LogP contribution in [-0.2, 0) is 4.79 Å². The first-order valence-corrected chi connectivity index (χ1v) is 7.55. The summed E-state index contributed by atoms with van der Waals surface area (Å²) in [5, 5.41) is 2.69. The largest absolute Gasteiger partial charge is 0.399 e. The van der Waals surface area contributed by atoms with Crippen LogP contribution in [-0.4, -0.2) is 35.8 Å². The number of benzene rings is 1. The van der Waals surface area contributed by atoms with E-state index in [-0.39, 0.29) is 18.4 Å². The van der Waals surface area contributed by atoms with Crippen LogP contribution in [0.5, 0.6) is 0 Å². The Labute approximate surface area is 125 Å². The van der Waals surface area contributed by atoms with E-state index in [1.807, 2.05) is 4.90 Å². The highest BCUT2D eigenvalue weighted by molar-refractivity contribution is 5.96.